The summed E-state index contributed by atoms with van der Waals surface area (Å²) in [7, 11) is 0. The molecule has 0 aliphatic carbocycles. The molecule has 0 bridgehead atoms. The first-order valence-electron chi connectivity index (χ1n) is 7.03. The Hall–Kier alpha value is -2.56. The SMILES string of the molecule is Cc1n[nH]c(C)c1CNc1ccc(Cn2cccn2)cc1. The number of hydrogen-bond acceptors (Lipinski definition) is 3. The van der Waals surface area contributed by atoms with E-state index in [-0.39, 0.29) is 0 Å². The van der Waals surface area contributed by atoms with Gasteiger partial charge in [0, 0.05) is 35.9 Å². The predicted octanol–water partition coefficient (Wildman–Crippen LogP) is 2.88. The summed E-state index contributed by atoms with van der Waals surface area (Å²) in [4.78, 5) is 0. The number of nitrogens with one attached hydrogen (secondary N) is 2. The van der Waals surface area contributed by atoms with Crippen LogP contribution in [0.25, 0.3) is 0 Å². The Morgan fingerprint density at radius 2 is 2.00 bits per heavy atom. The maximum Gasteiger partial charge on any atom is 0.0659 e. The Labute approximate surface area is 124 Å². The third-order valence-electron chi connectivity index (χ3n) is 3.61. The molecular weight excluding hydrogens is 262 g/mol. The molecule has 0 aliphatic heterocycles. The van der Waals surface area contributed by atoms with Crippen molar-refractivity contribution in [2.24, 2.45) is 0 Å². The molecule has 0 amide bonds. The standard InChI is InChI=1S/C16H19N5/c1-12-16(13(2)20-19-12)10-17-15-6-4-14(5-7-15)11-21-9-3-8-18-21/h3-9,17H,10-11H2,1-2H3,(H,19,20). The van der Waals surface area contributed by atoms with Crippen LogP contribution in [0.2, 0.25) is 0 Å². The van der Waals surface area contributed by atoms with E-state index < -0.39 is 0 Å². The van der Waals surface area contributed by atoms with E-state index in [1.54, 1.807) is 6.20 Å². The molecule has 0 atom stereocenters. The minimum atomic E-state index is 0.784. The molecule has 0 aliphatic rings. The van der Waals surface area contributed by atoms with Crippen molar-refractivity contribution in [3.05, 3.63) is 65.2 Å². The predicted molar refractivity (Wildman–Crippen MR) is 83.2 cm³/mol. The molecule has 0 saturated carbocycles. The average molecular weight is 281 g/mol. The smallest absolute Gasteiger partial charge is 0.0659 e. The van der Waals surface area contributed by atoms with Crippen LogP contribution >= 0.6 is 0 Å². The number of rotatable bonds is 5. The topological polar surface area (TPSA) is 58.5 Å². The van der Waals surface area contributed by atoms with Gasteiger partial charge in [-0.05, 0) is 37.6 Å². The lowest BCUT2D eigenvalue weighted by molar-refractivity contribution is 0.687. The van der Waals surface area contributed by atoms with Gasteiger partial charge in [0.1, 0.15) is 0 Å². The van der Waals surface area contributed by atoms with Gasteiger partial charge in [-0.2, -0.15) is 10.2 Å². The van der Waals surface area contributed by atoms with Gasteiger partial charge in [-0.15, -0.1) is 0 Å². The number of aryl methyl sites for hydroxylation is 2. The molecule has 21 heavy (non-hydrogen) atoms. The summed E-state index contributed by atoms with van der Waals surface area (Å²) in [6.07, 6.45) is 3.77. The minimum absolute atomic E-state index is 0.784. The highest BCUT2D eigenvalue weighted by atomic mass is 15.3. The van der Waals surface area contributed by atoms with Crippen LogP contribution < -0.4 is 5.32 Å². The Bertz CT molecular complexity index is 675. The van der Waals surface area contributed by atoms with Crippen molar-refractivity contribution in [2.75, 3.05) is 5.32 Å². The van der Waals surface area contributed by atoms with Crippen LogP contribution in [0, 0.1) is 13.8 Å². The van der Waals surface area contributed by atoms with E-state index in [2.05, 4.69) is 44.9 Å². The van der Waals surface area contributed by atoms with Gasteiger partial charge in [0.05, 0.1) is 12.2 Å². The summed E-state index contributed by atoms with van der Waals surface area (Å²) in [5.74, 6) is 0. The van der Waals surface area contributed by atoms with Crippen molar-refractivity contribution in [1.82, 2.24) is 20.0 Å². The molecule has 1 aromatic carbocycles. The third kappa shape index (κ3) is 3.13. The number of benzene rings is 1. The maximum absolute atomic E-state index is 4.21. The lowest BCUT2D eigenvalue weighted by atomic mass is 10.1. The number of hydrogen-bond donors (Lipinski definition) is 2. The molecule has 5 nitrogen and oxygen atoms in total. The zero-order valence-corrected chi connectivity index (χ0v) is 12.3. The first-order valence-corrected chi connectivity index (χ1v) is 7.03. The van der Waals surface area contributed by atoms with Crippen molar-refractivity contribution >= 4 is 5.69 Å². The number of aromatic amines is 1. The second-order valence-corrected chi connectivity index (χ2v) is 5.17. The van der Waals surface area contributed by atoms with Crippen molar-refractivity contribution in [1.29, 1.82) is 0 Å². The van der Waals surface area contributed by atoms with Gasteiger partial charge < -0.3 is 5.32 Å². The van der Waals surface area contributed by atoms with Crippen molar-refractivity contribution in [3.63, 3.8) is 0 Å². The third-order valence-corrected chi connectivity index (χ3v) is 3.61. The molecule has 0 saturated heterocycles. The van der Waals surface area contributed by atoms with E-state index >= 15 is 0 Å². The molecule has 2 N–H and O–H groups in total. The Balaban J connectivity index is 1.62. The van der Waals surface area contributed by atoms with Gasteiger partial charge in [0.25, 0.3) is 0 Å². The summed E-state index contributed by atoms with van der Waals surface area (Å²) in [6, 6.07) is 10.4. The fourth-order valence-electron chi connectivity index (χ4n) is 2.33. The van der Waals surface area contributed by atoms with Crippen LogP contribution in [0.15, 0.2) is 42.7 Å². The van der Waals surface area contributed by atoms with Crippen LogP contribution in [0.5, 0.6) is 0 Å². The molecule has 108 valence electrons. The number of nitrogens with zero attached hydrogens (tertiary/aromatic N) is 3. The number of H-pyrrole nitrogens is 1. The van der Waals surface area contributed by atoms with E-state index in [1.165, 1.54) is 11.1 Å². The van der Waals surface area contributed by atoms with Crippen LogP contribution in [-0.4, -0.2) is 20.0 Å². The van der Waals surface area contributed by atoms with Gasteiger partial charge in [-0.25, -0.2) is 0 Å². The molecule has 5 heteroatoms. The normalized spacial score (nSPS) is 10.8. The zero-order valence-electron chi connectivity index (χ0n) is 12.3. The van der Waals surface area contributed by atoms with E-state index in [0.29, 0.717) is 0 Å². The Morgan fingerprint density at radius 3 is 2.62 bits per heavy atom. The molecule has 0 radical (unpaired) electrons. The monoisotopic (exact) mass is 281 g/mol. The highest BCUT2D eigenvalue weighted by Gasteiger charge is 2.05. The van der Waals surface area contributed by atoms with Gasteiger partial charge in [0.15, 0.2) is 0 Å². The molecule has 3 rings (SSSR count). The minimum Gasteiger partial charge on any atom is -0.381 e. The highest BCUT2D eigenvalue weighted by molar-refractivity contribution is 5.45. The molecule has 2 heterocycles. The van der Waals surface area contributed by atoms with E-state index in [1.807, 2.05) is 30.8 Å². The van der Waals surface area contributed by atoms with Gasteiger partial charge in [0.2, 0.25) is 0 Å². The maximum atomic E-state index is 4.21. The largest absolute Gasteiger partial charge is 0.381 e. The number of anilines is 1. The van der Waals surface area contributed by atoms with E-state index in [9.17, 15) is 0 Å². The van der Waals surface area contributed by atoms with Crippen LogP contribution in [0.1, 0.15) is 22.5 Å². The lowest BCUT2D eigenvalue weighted by Crippen LogP contribution is -2.03. The number of aromatic nitrogens is 4. The highest BCUT2D eigenvalue weighted by Crippen LogP contribution is 2.14. The summed E-state index contributed by atoms with van der Waals surface area (Å²) >= 11 is 0. The quantitative estimate of drug-likeness (QED) is 0.756. The van der Waals surface area contributed by atoms with Gasteiger partial charge >= 0.3 is 0 Å². The average Bonchev–Trinajstić information content (AvgIpc) is 3.10. The fourth-order valence-corrected chi connectivity index (χ4v) is 2.33. The van der Waals surface area contributed by atoms with Crippen LogP contribution in [0.3, 0.4) is 0 Å². The fraction of sp³-hybridized carbons (Fsp3) is 0.250. The van der Waals surface area contributed by atoms with Crippen LogP contribution in [-0.2, 0) is 13.1 Å². The lowest BCUT2D eigenvalue weighted by Gasteiger charge is -2.08. The zero-order chi connectivity index (χ0) is 14.7. The van der Waals surface area contributed by atoms with Gasteiger partial charge in [-0.1, -0.05) is 12.1 Å². The van der Waals surface area contributed by atoms with Gasteiger partial charge in [-0.3, -0.25) is 9.78 Å². The summed E-state index contributed by atoms with van der Waals surface area (Å²) in [5.41, 5.74) is 5.75. The molecule has 3 aromatic rings. The summed E-state index contributed by atoms with van der Waals surface area (Å²) < 4.78 is 1.92. The first kappa shape index (κ1) is 13.4. The summed E-state index contributed by atoms with van der Waals surface area (Å²) in [6.45, 7) is 5.65. The Morgan fingerprint density at radius 1 is 1.19 bits per heavy atom. The van der Waals surface area contributed by atoms with Crippen molar-refractivity contribution in [3.8, 4) is 0 Å². The molecular formula is C16H19N5. The van der Waals surface area contributed by atoms with Crippen molar-refractivity contribution in [2.45, 2.75) is 26.9 Å². The second kappa shape index (κ2) is 5.83. The van der Waals surface area contributed by atoms with E-state index in [4.69, 9.17) is 0 Å². The first-order chi connectivity index (χ1) is 10.2. The molecule has 0 unspecified atom stereocenters. The second-order valence-electron chi connectivity index (χ2n) is 5.17. The molecule has 2 aromatic heterocycles. The summed E-state index contributed by atoms with van der Waals surface area (Å²) in [5, 5.41) is 14.9. The molecule has 0 fully saturated rings. The molecule has 0 spiro atoms. The van der Waals surface area contributed by atoms with E-state index in [0.717, 1.165) is 30.2 Å². The van der Waals surface area contributed by atoms with Crippen molar-refractivity contribution < 1.29 is 0 Å². The van der Waals surface area contributed by atoms with Crippen LogP contribution in [0.4, 0.5) is 5.69 Å². The Kier molecular flexibility index (Phi) is 3.73.